The smallest absolute Gasteiger partial charge is 0.322 e. The van der Waals surface area contributed by atoms with Crippen LogP contribution in [0.1, 0.15) is 36.9 Å². The van der Waals surface area contributed by atoms with Crippen molar-refractivity contribution in [3.63, 3.8) is 0 Å². The molecule has 0 saturated carbocycles. The zero-order valence-corrected chi connectivity index (χ0v) is 19.3. The zero-order valence-electron chi connectivity index (χ0n) is 19.3. The summed E-state index contributed by atoms with van der Waals surface area (Å²) in [5.41, 5.74) is 4.40. The molecule has 8 nitrogen and oxygen atoms in total. The number of nitrogens with one attached hydrogen (secondary N) is 1. The van der Waals surface area contributed by atoms with Crippen LogP contribution in [0.2, 0.25) is 0 Å². The predicted molar refractivity (Wildman–Crippen MR) is 125 cm³/mol. The van der Waals surface area contributed by atoms with E-state index >= 15 is 0 Å². The highest BCUT2D eigenvalue weighted by Gasteiger charge is 2.35. The maximum absolute atomic E-state index is 12.9. The van der Waals surface area contributed by atoms with Gasteiger partial charge in [0.05, 0.1) is 31.4 Å². The maximum atomic E-state index is 12.9. The van der Waals surface area contributed by atoms with Crippen LogP contribution in [0.5, 0.6) is 5.75 Å². The molecule has 2 aromatic carbocycles. The topological polar surface area (TPSA) is 89.7 Å². The lowest BCUT2D eigenvalue weighted by Gasteiger charge is -2.35. The van der Waals surface area contributed by atoms with Gasteiger partial charge in [-0.25, -0.2) is 4.79 Å². The molecular weight excluding hydrogens is 420 g/mol. The van der Waals surface area contributed by atoms with Crippen LogP contribution in [0.4, 0.5) is 4.79 Å². The Kier molecular flexibility index (Phi) is 6.74. The van der Waals surface area contributed by atoms with Crippen molar-refractivity contribution >= 4 is 11.6 Å². The average molecular weight is 449 g/mol. The van der Waals surface area contributed by atoms with Gasteiger partial charge in [0.1, 0.15) is 5.75 Å². The van der Waals surface area contributed by atoms with Crippen molar-refractivity contribution in [2.75, 3.05) is 26.9 Å². The molecule has 0 spiro atoms. The van der Waals surface area contributed by atoms with Crippen molar-refractivity contribution in [2.24, 2.45) is 0 Å². The first kappa shape index (κ1) is 22.5. The fourth-order valence-electron chi connectivity index (χ4n) is 3.84. The minimum atomic E-state index is -0.446. The predicted octanol–water partition coefficient (Wildman–Crippen LogP) is 4.59. The Bertz CT molecular complexity index is 1140. The second-order valence-electron chi connectivity index (χ2n) is 7.82. The van der Waals surface area contributed by atoms with Crippen LogP contribution in [0, 0.1) is 6.92 Å². The number of benzene rings is 2. The summed E-state index contributed by atoms with van der Waals surface area (Å²) >= 11 is 0. The molecule has 8 heteroatoms. The second-order valence-corrected chi connectivity index (χ2v) is 7.82. The Hall–Kier alpha value is -3.65. The monoisotopic (exact) mass is 448 g/mol. The van der Waals surface area contributed by atoms with E-state index in [4.69, 9.17) is 14.0 Å². The molecule has 1 unspecified atom stereocenters. The molecule has 0 radical (unpaired) electrons. The van der Waals surface area contributed by atoms with Crippen LogP contribution in [-0.4, -0.2) is 47.9 Å². The van der Waals surface area contributed by atoms with Crippen molar-refractivity contribution < 1.29 is 18.8 Å². The summed E-state index contributed by atoms with van der Waals surface area (Å²) in [5.74, 6) is 1.63. The minimum absolute atomic E-state index is 0.203. The molecule has 1 aromatic heterocycles. The number of carbonyl (C=O) groups excluding carboxylic acids is 1. The number of allylic oxidation sites excluding steroid dienone is 1. The second kappa shape index (κ2) is 9.87. The van der Waals surface area contributed by atoms with Gasteiger partial charge in [-0.15, -0.1) is 0 Å². The first-order valence-electron chi connectivity index (χ1n) is 10.9. The van der Waals surface area contributed by atoms with E-state index < -0.39 is 6.04 Å². The van der Waals surface area contributed by atoms with Crippen LogP contribution in [0.25, 0.3) is 17.0 Å². The first-order chi connectivity index (χ1) is 16.0. The molecule has 1 aliphatic heterocycles. The molecule has 2 amide bonds. The molecule has 2 heterocycles. The van der Waals surface area contributed by atoms with Gasteiger partial charge >= 0.3 is 6.03 Å². The number of urea groups is 1. The van der Waals surface area contributed by atoms with E-state index in [0.717, 1.165) is 33.7 Å². The third-order valence-corrected chi connectivity index (χ3v) is 5.61. The molecule has 0 aliphatic carbocycles. The van der Waals surface area contributed by atoms with Gasteiger partial charge in [-0.05, 0) is 38.5 Å². The van der Waals surface area contributed by atoms with Crippen molar-refractivity contribution in [3.05, 3.63) is 71.2 Å². The van der Waals surface area contributed by atoms with Gasteiger partial charge in [-0.2, -0.15) is 4.98 Å². The van der Waals surface area contributed by atoms with Gasteiger partial charge in [-0.3, -0.25) is 4.90 Å². The molecule has 1 atom stereocenters. The Balaban J connectivity index is 1.75. The fourth-order valence-corrected chi connectivity index (χ4v) is 3.84. The van der Waals surface area contributed by atoms with Gasteiger partial charge in [0.2, 0.25) is 5.82 Å². The maximum Gasteiger partial charge on any atom is 0.322 e. The number of hydrogen-bond donors (Lipinski definition) is 1. The fraction of sp³-hybridized carbons (Fsp3) is 0.320. The van der Waals surface area contributed by atoms with E-state index in [1.54, 1.807) is 12.0 Å². The van der Waals surface area contributed by atoms with Gasteiger partial charge in [0, 0.05) is 18.4 Å². The lowest BCUT2D eigenvalue weighted by Crippen LogP contribution is -2.47. The third-order valence-electron chi connectivity index (χ3n) is 5.61. The minimum Gasteiger partial charge on any atom is -0.494 e. The summed E-state index contributed by atoms with van der Waals surface area (Å²) in [4.78, 5) is 19.2. The number of methoxy groups -OCH3 is 1. The number of aryl methyl sites for hydroxylation is 1. The summed E-state index contributed by atoms with van der Waals surface area (Å²) in [6.45, 7) is 7.26. The highest BCUT2D eigenvalue weighted by Crippen LogP contribution is 2.37. The molecule has 1 N–H and O–H groups in total. The number of hydrogen-bond acceptors (Lipinski definition) is 6. The summed E-state index contributed by atoms with van der Waals surface area (Å²) in [5, 5.41) is 7.29. The first-order valence-corrected chi connectivity index (χ1v) is 10.9. The Morgan fingerprint density at radius 2 is 1.82 bits per heavy atom. The Morgan fingerprint density at radius 1 is 1.09 bits per heavy atom. The van der Waals surface area contributed by atoms with E-state index in [1.165, 1.54) is 0 Å². The molecule has 4 rings (SSSR count). The van der Waals surface area contributed by atoms with Gasteiger partial charge in [-0.1, -0.05) is 47.1 Å². The van der Waals surface area contributed by atoms with Crippen molar-refractivity contribution in [2.45, 2.75) is 26.8 Å². The quantitative estimate of drug-likeness (QED) is 0.542. The zero-order chi connectivity index (χ0) is 23.4. The number of nitrogens with zero attached hydrogens (tertiary/aromatic N) is 3. The molecule has 33 heavy (non-hydrogen) atoms. The highest BCUT2D eigenvalue weighted by atomic mass is 16.5. The third kappa shape index (κ3) is 4.75. The van der Waals surface area contributed by atoms with Gasteiger partial charge < -0.3 is 19.3 Å². The van der Waals surface area contributed by atoms with E-state index in [2.05, 4.69) is 15.5 Å². The summed E-state index contributed by atoms with van der Waals surface area (Å²) in [6.07, 6.45) is 0. The van der Waals surface area contributed by atoms with Crippen molar-refractivity contribution in [1.29, 1.82) is 0 Å². The number of carbonyl (C=O) groups is 1. The van der Waals surface area contributed by atoms with Crippen molar-refractivity contribution in [1.82, 2.24) is 20.4 Å². The molecular formula is C25H28N4O4. The van der Waals surface area contributed by atoms with E-state index in [-0.39, 0.29) is 6.03 Å². The van der Waals surface area contributed by atoms with Gasteiger partial charge in [0.15, 0.2) is 0 Å². The highest BCUT2D eigenvalue weighted by molar-refractivity contribution is 5.86. The van der Waals surface area contributed by atoms with E-state index in [9.17, 15) is 4.79 Å². The molecule has 172 valence electrons. The van der Waals surface area contributed by atoms with Gasteiger partial charge in [0.25, 0.3) is 5.89 Å². The van der Waals surface area contributed by atoms with Crippen LogP contribution in [0.15, 0.2) is 58.8 Å². The Labute approximate surface area is 193 Å². The van der Waals surface area contributed by atoms with Crippen molar-refractivity contribution in [3.8, 4) is 17.1 Å². The lowest BCUT2D eigenvalue weighted by molar-refractivity contribution is 0.158. The van der Waals surface area contributed by atoms with E-state index in [1.807, 2.05) is 69.3 Å². The average Bonchev–Trinajstić information content (AvgIpc) is 3.29. The van der Waals surface area contributed by atoms with Crippen LogP contribution < -0.4 is 10.1 Å². The number of aromatic nitrogens is 2. The van der Waals surface area contributed by atoms with Crippen LogP contribution in [0.3, 0.4) is 0 Å². The molecule has 1 aliphatic rings. The number of amides is 2. The summed E-state index contributed by atoms with van der Waals surface area (Å²) < 4.78 is 16.5. The SMILES string of the molecule is CCOc1ccc(C2NC(=O)N(CCOC)C(C)=C2c2nc(-c3ccc(C)cc3)no2)cc1. The normalized spacial score (nSPS) is 16.2. The number of ether oxygens (including phenoxy) is 2. The molecule has 0 bridgehead atoms. The lowest BCUT2D eigenvalue weighted by atomic mass is 9.94. The number of rotatable bonds is 8. The molecule has 0 fully saturated rings. The molecule has 0 saturated heterocycles. The van der Waals surface area contributed by atoms with E-state index in [0.29, 0.717) is 31.5 Å². The standard InChI is InChI=1S/C25H28N4O4/c1-5-32-20-12-10-18(11-13-20)22-21(17(3)29(14-15-31-4)25(30)26-22)24-27-23(28-33-24)19-8-6-16(2)7-9-19/h6-13,22H,5,14-15H2,1-4H3,(H,26,30). The molecule has 3 aromatic rings. The van der Waals surface area contributed by atoms with Crippen LogP contribution in [-0.2, 0) is 4.74 Å². The van der Waals surface area contributed by atoms with Crippen LogP contribution >= 0.6 is 0 Å². The Morgan fingerprint density at radius 3 is 2.48 bits per heavy atom. The summed E-state index contributed by atoms with van der Waals surface area (Å²) in [7, 11) is 1.61. The largest absolute Gasteiger partial charge is 0.494 e. The summed E-state index contributed by atoms with van der Waals surface area (Å²) in [6, 6.07) is 14.9.